The average Bonchev–Trinajstić information content (AvgIpc) is 2.29. The minimum absolute atomic E-state index is 0.255. The molecule has 0 aromatic rings. The van der Waals surface area contributed by atoms with E-state index in [0.29, 0.717) is 19.4 Å². The van der Waals surface area contributed by atoms with Gasteiger partial charge in [-0.3, -0.25) is 4.79 Å². The molecule has 0 aromatic carbocycles. The molecule has 2 unspecified atom stereocenters. The van der Waals surface area contributed by atoms with Gasteiger partial charge in [-0.05, 0) is 26.7 Å². The highest BCUT2D eigenvalue weighted by molar-refractivity contribution is 5.73. The van der Waals surface area contributed by atoms with E-state index >= 15 is 0 Å². The number of carbonyl (C=O) groups is 2. The summed E-state index contributed by atoms with van der Waals surface area (Å²) in [4.78, 5) is 22.9. The Bertz CT molecular complexity index is 239. The summed E-state index contributed by atoms with van der Waals surface area (Å²) in [5.74, 6) is -0.754. The zero-order valence-corrected chi connectivity index (χ0v) is 11.0. The first-order valence-corrected chi connectivity index (χ1v) is 6.10. The monoisotopic (exact) mass is 246 g/mol. The van der Waals surface area contributed by atoms with Crippen LogP contribution in [-0.4, -0.2) is 31.4 Å². The molecule has 0 aliphatic rings. The first-order chi connectivity index (χ1) is 8.10. The molecule has 5 nitrogen and oxygen atoms in total. The van der Waals surface area contributed by atoms with Gasteiger partial charge in [0.25, 0.3) is 0 Å². The van der Waals surface area contributed by atoms with Gasteiger partial charge in [-0.2, -0.15) is 0 Å². The molecule has 0 rings (SSSR count). The summed E-state index contributed by atoms with van der Waals surface area (Å²) in [6, 6.07) is 0. The van der Waals surface area contributed by atoms with E-state index in [9.17, 15) is 9.59 Å². The van der Waals surface area contributed by atoms with E-state index in [0.717, 1.165) is 0 Å². The minimum Gasteiger partial charge on any atom is -0.466 e. The van der Waals surface area contributed by atoms with E-state index in [4.69, 9.17) is 14.2 Å². The van der Waals surface area contributed by atoms with Crippen molar-refractivity contribution in [2.24, 2.45) is 5.92 Å². The van der Waals surface area contributed by atoms with Crippen molar-refractivity contribution in [2.75, 3.05) is 13.2 Å². The van der Waals surface area contributed by atoms with Gasteiger partial charge in [-0.25, -0.2) is 4.79 Å². The van der Waals surface area contributed by atoms with Crippen LogP contribution in [0, 0.1) is 5.92 Å². The molecule has 0 amide bonds. The highest BCUT2D eigenvalue weighted by Gasteiger charge is 2.30. The third-order valence-corrected chi connectivity index (χ3v) is 2.39. The lowest BCUT2D eigenvalue weighted by atomic mass is 9.97. The fourth-order valence-corrected chi connectivity index (χ4v) is 1.56. The van der Waals surface area contributed by atoms with Crippen molar-refractivity contribution in [3.05, 3.63) is 0 Å². The summed E-state index contributed by atoms with van der Waals surface area (Å²) in [6.45, 7) is 7.74. The summed E-state index contributed by atoms with van der Waals surface area (Å²) in [5, 5.41) is 0. The van der Waals surface area contributed by atoms with E-state index < -0.39 is 18.2 Å². The van der Waals surface area contributed by atoms with Crippen molar-refractivity contribution in [3.8, 4) is 0 Å². The van der Waals surface area contributed by atoms with Crippen LogP contribution in [0.4, 0.5) is 4.79 Å². The highest BCUT2D eigenvalue weighted by atomic mass is 16.7. The topological polar surface area (TPSA) is 61.8 Å². The van der Waals surface area contributed by atoms with Gasteiger partial charge in [0.15, 0.2) is 0 Å². The summed E-state index contributed by atoms with van der Waals surface area (Å²) in [6.07, 6.45) is -0.104. The van der Waals surface area contributed by atoms with Crippen molar-refractivity contribution in [1.82, 2.24) is 0 Å². The fraction of sp³-hybridized carbons (Fsp3) is 0.833. The maximum atomic E-state index is 11.7. The molecule has 5 heteroatoms. The van der Waals surface area contributed by atoms with Crippen molar-refractivity contribution in [3.63, 3.8) is 0 Å². The number of hydrogen-bond acceptors (Lipinski definition) is 5. The van der Waals surface area contributed by atoms with Crippen LogP contribution in [-0.2, 0) is 19.0 Å². The maximum Gasteiger partial charge on any atom is 0.508 e. The Balaban J connectivity index is 4.47. The number of rotatable bonds is 7. The van der Waals surface area contributed by atoms with Gasteiger partial charge >= 0.3 is 12.1 Å². The molecule has 0 aliphatic carbocycles. The molecule has 0 saturated heterocycles. The zero-order chi connectivity index (χ0) is 13.3. The van der Waals surface area contributed by atoms with Gasteiger partial charge in [0.05, 0.1) is 19.1 Å². The number of hydrogen-bond donors (Lipinski definition) is 0. The van der Waals surface area contributed by atoms with Crippen LogP contribution in [0.3, 0.4) is 0 Å². The standard InChI is InChI=1S/C12H22O5/c1-5-9(11(13)15-7-3)10(6-2)17-12(14)16-8-4/h9-10H,5-8H2,1-4H3. The highest BCUT2D eigenvalue weighted by Crippen LogP contribution is 2.18. The maximum absolute atomic E-state index is 11.7. The summed E-state index contributed by atoms with van der Waals surface area (Å²) < 4.78 is 14.7. The van der Waals surface area contributed by atoms with Gasteiger partial charge in [-0.1, -0.05) is 13.8 Å². The lowest BCUT2D eigenvalue weighted by Gasteiger charge is -2.23. The van der Waals surface area contributed by atoms with E-state index in [1.54, 1.807) is 13.8 Å². The third kappa shape index (κ3) is 5.56. The second kappa shape index (κ2) is 8.84. The lowest BCUT2D eigenvalue weighted by Crippen LogP contribution is -2.33. The zero-order valence-electron chi connectivity index (χ0n) is 11.0. The van der Waals surface area contributed by atoms with Crippen LogP contribution < -0.4 is 0 Å². The van der Waals surface area contributed by atoms with Gasteiger partial charge in [-0.15, -0.1) is 0 Å². The second-order valence-corrected chi connectivity index (χ2v) is 3.51. The Kier molecular flexibility index (Phi) is 8.19. The fourth-order valence-electron chi connectivity index (χ4n) is 1.56. The van der Waals surface area contributed by atoms with Gasteiger partial charge in [0.2, 0.25) is 0 Å². The molecule has 0 fully saturated rings. The molecule has 17 heavy (non-hydrogen) atoms. The molecule has 100 valence electrons. The average molecular weight is 246 g/mol. The first-order valence-electron chi connectivity index (χ1n) is 6.10. The molecule has 0 spiro atoms. The summed E-state index contributed by atoms with van der Waals surface area (Å²) >= 11 is 0. The SMILES string of the molecule is CCOC(=O)OC(CC)C(CC)C(=O)OCC. The molecular formula is C12H22O5. The molecule has 0 radical (unpaired) electrons. The number of esters is 1. The molecule has 0 heterocycles. The summed E-state index contributed by atoms with van der Waals surface area (Å²) in [5.41, 5.74) is 0. The quantitative estimate of drug-likeness (QED) is 0.646. The van der Waals surface area contributed by atoms with Crippen LogP contribution in [0.1, 0.15) is 40.5 Å². The predicted octanol–water partition coefficient (Wildman–Crippen LogP) is 2.53. The van der Waals surface area contributed by atoms with Crippen LogP contribution in [0.15, 0.2) is 0 Å². The molecule has 2 atom stereocenters. The largest absolute Gasteiger partial charge is 0.508 e. The number of carbonyl (C=O) groups excluding carboxylic acids is 2. The molecule has 0 saturated carbocycles. The van der Waals surface area contributed by atoms with Crippen molar-refractivity contribution < 1.29 is 23.8 Å². The van der Waals surface area contributed by atoms with E-state index in [-0.39, 0.29) is 12.6 Å². The van der Waals surface area contributed by atoms with Crippen molar-refractivity contribution in [2.45, 2.75) is 46.6 Å². The molecule has 0 N–H and O–H groups in total. The Labute approximate surface area is 102 Å². The Hall–Kier alpha value is -1.26. The molecular weight excluding hydrogens is 224 g/mol. The van der Waals surface area contributed by atoms with E-state index in [2.05, 4.69) is 0 Å². The summed E-state index contributed by atoms with van der Waals surface area (Å²) in [7, 11) is 0. The molecule has 0 aliphatic heterocycles. The van der Waals surface area contributed by atoms with Crippen molar-refractivity contribution >= 4 is 12.1 Å². The first kappa shape index (κ1) is 15.7. The van der Waals surface area contributed by atoms with Crippen LogP contribution >= 0.6 is 0 Å². The number of ether oxygens (including phenoxy) is 3. The Morgan fingerprint density at radius 3 is 1.94 bits per heavy atom. The van der Waals surface area contributed by atoms with Gasteiger partial charge < -0.3 is 14.2 Å². The second-order valence-electron chi connectivity index (χ2n) is 3.51. The van der Waals surface area contributed by atoms with Crippen molar-refractivity contribution in [1.29, 1.82) is 0 Å². The van der Waals surface area contributed by atoms with Crippen LogP contribution in [0.2, 0.25) is 0 Å². The predicted molar refractivity (Wildman–Crippen MR) is 62.6 cm³/mol. The van der Waals surface area contributed by atoms with Gasteiger partial charge in [0.1, 0.15) is 6.10 Å². The molecule has 0 aromatic heterocycles. The van der Waals surface area contributed by atoms with E-state index in [1.165, 1.54) is 0 Å². The Morgan fingerprint density at radius 2 is 1.53 bits per heavy atom. The van der Waals surface area contributed by atoms with Gasteiger partial charge in [0, 0.05) is 0 Å². The van der Waals surface area contributed by atoms with Crippen LogP contribution in [0.5, 0.6) is 0 Å². The van der Waals surface area contributed by atoms with Crippen LogP contribution in [0.25, 0.3) is 0 Å². The smallest absolute Gasteiger partial charge is 0.466 e. The Morgan fingerprint density at radius 1 is 0.941 bits per heavy atom. The molecule has 0 bridgehead atoms. The minimum atomic E-state index is -0.734. The third-order valence-electron chi connectivity index (χ3n) is 2.39. The normalized spacial score (nSPS) is 13.6. The lowest BCUT2D eigenvalue weighted by molar-refractivity contribution is -0.152. The van der Waals surface area contributed by atoms with E-state index in [1.807, 2.05) is 13.8 Å².